The summed E-state index contributed by atoms with van der Waals surface area (Å²) in [5, 5.41) is 0. The molecule has 0 aliphatic heterocycles. The molecule has 1 nitrogen and oxygen atoms in total. The molecule has 15 heavy (non-hydrogen) atoms. The minimum atomic E-state index is -0.275. The van der Waals surface area contributed by atoms with Crippen molar-refractivity contribution in [2.24, 2.45) is 0 Å². The first kappa shape index (κ1) is 11.5. The molecule has 0 aliphatic rings. The van der Waals surface area contributed by atoms with Gasteiger partial charge in [0.1, 0.15) is 11.6 Å². The highest BCUT2D eigenvalue weighted by molar-refractivity contribution is 5.81. The van der Waals surface area contributed by atoms with Crippen LogP contribution in [0.15, 0.2) is 24.3 Å². The number of carbonyl (C=O) groups excluding carboxylic acids is 1. The molecule has 0 atom stereocenters. The zero-order valence-corrected chi connectivity index (χ0v) is 8.72. The second-order valence-electron chi connectivity index (χ2n) is 3.27. The predicted octanol–water partition coefficient (Wildman–Crippen LogP) is 2.74. The fourth-order valence-corrected chi connectivity index (χ4v) is 1.25. The fourth-order valence-electron chi connectivity index (χ4n) is 1.25. The number of carbonyl (C=O) groups is 1. The first-order valence-corrected chi connectivity index (χ1v) is 4.88. The first-order valence-electron chi connectivity index (χ1n) is 4.88. The number of Topliss-reactive ketones (excluding diaryl/α,β-unsaturated/α-hetero) is 1. The molecule has 1 aromatic rings. The molecule has 0 unspecified atom stereocenters. The molecule has 0 bridgehead atoms. The molecule has 0 fully saturated rings. The summed E-state index contributed by atoms with van der Waals surface area (Å²) in [7, 11) is 0. The third-order valence-corrected chi connectivity index (χ3v) is 2.02. The maximum atomic E-state index is 12.6. The highest BCUT2D eigenvalue weighted by Crippen LogP contribution is 2.05. The van der Waals surface area contributed by atoms with Gasteiger partial charge in [-0.05, 0) is 24.6 Å². The van der Waals surface area contributed by atoms with Gasteiger partial charge >= 0.3 is 0 Å². The van der Waals surface area contributed by atoms with Crippen LogP contribution in [0, 0.1) is 17.7 Å². The van der Waals surface area contributed by atoms with Crippen molar-refractivity contribution < 1.29 is 9.18 Å². The van der Waals surface area contributed by atoms with E-state index >= 15 is 0 Å². The summed E-state index contributed by atoms with van der Waals surface area (Å²) < 4.78 is 12.6. The lowest BCUT2D eigenvalue weighted by molar-refractivity contribution is -0.118. The van der Waals surface area contributed by atoms with Crippen LogP contribution >= 0.6 is 0 Å². The normalized spacial score (nSPS) is 9.20. The number of halogens is 1. The molecule has 78 valence electrons. The zero-order chi connectivity index (χ0) is 11.1. The van der Waals surface area contributed by atoms with Crippen LogP contribution in [0.25, 0.3) is 0 Å². The topological polar surface area (TPSA) is 17.1 Å². The van der Waals surface area contributed by atoms with Gasteiger partial charge in [-0.15, -0.1) is 11.8 Å². The average Bonchev–Trinajstić information content (AvgIpc) is 2.22. The third kappa shape index (κ3) is 4.42. The van der Waals surface area contributed by atoms with Crippen LogP contribution in [-0.2, 0) is 11.2 Å². The van der Waals surface area contributed by atoms with E-state index in [9.17, 15) is 9.18 Å². The summed E-state index contributed by atoms with van der Waals surface area (Å²) in [4.78, 5) is 11.4. The van der Waals surface area contributed by atoms with Gasteiger partial charge in [-0.3, -0.25) is 4.79 Å². The minimum absolute atomic E-state index is 0.143. The van der Waals surface area contributed by atoms with E-state index < -0.39 is 0 Å². The Hall–Kier alpha value is -1.62. The molecule has 2 heteroatoms. The van der Waals surface area contributed by atoms with E-state index in [4.69, 9.17) is 0 Å². The molecule has 0 heterocycles. The fraction of sp³-hybridized carbons (Fsp3) is 0.308. The van der Waals surface area contributed by atoms with Crippen LogP contribution < -0.4 is 0 Å². The Morgan fingerprint density at radius 1 is 1.33 bits per heavy atom. The van der Waals surface area contributed by atoms with E-state index in [1.165, 1.54) is 12.1 Å². The Balaban J connectivity index is 2.43. The Morgan fingerprint density at radius 2 is 2.00 bits per heavy atom. The standard InChI is InChI=1S/C13H13FO/c1-2-3-4-5-13(15)10-11-6-8-12(14)9-7-11/h6-9H,4-5,10H2,1H3. The molecule has 0 aliphatic carbocycles. The van der Waals surface area contributed by atoms with Crippen LogP contribution in [0.1, 0.15) is 25.3 Å². The highest BCUT2D eigenvalue weighted by Gasteiger charge is 2.02. The summed E-state index contributed by atoms with van der Waals surface area (Å²) in [6.07, 6.45) is 1.44. The summed E-state index contributed by atoms with van der Waals surface area (Å²) >= 11 is 0. The summed E-state index contributed by atoms with van der Waals surface area (Å²) in [5.41, 5.74) is 0.853. The van der Waals surface area contributed by atoms with E-state index in [-0.39, 0.29) is 11.6 Å². The van der Waals surface area contributed by atoms with E-state index in [2.05, 4.69) is 11.8 Å². The second kappa shape index (κ2) is 5.98. The van der Waals surface area contributed by atoms with Gasteiger partial charge in [0.25, 0.3) is 0 Å². The van der Waals surface area contributed by atoms with Crippen molar-refractivity contribution in [2.75, 3.05) is 0 Å². The van der Waals surface area contributed by atoms with E-state index in [1.807, 2.05) is 0 Å². The Bertz CT molecular complexity index is 381. The molecular formula is C13H13FO. The van der Waals surface area contributed by atoms with Crippen molar-refractivity contribution in [1.29, 1.82) is 0 Å². The predicted molar refractivity (Wildman–Crippen MR) is 57.8 cm³/mol. The summed E-state index contributed by atoms with van der Waals surface area (Å²) in [6, 6.07) is 6.01. The largest absolute Gasteiger partial charge is 0.299 e. The van der Waals surface area contributed by atoms with Gasteiger partial charge in [-0.25, -0.2) is 4.39 Å². The van der Waals surface area contributed by atoms with Gasteiger partial charge in [0.2, 0.25) is 0 Å². The van der Waals surface area contributed by atoms with Crippen LogP contribution in [0.5, 0.6) is 0 Å². The molecule has 0 amide bonds. The highest BCUT2D eigenvalue weighted by atomic mass is 19.1. The van der Waals surface area contributed by atoms with Crippen LogP contribution in [0.2, 0.25) is 0 Å². The van der Waals surface area contributed by atoms with Gasteiger partial charge in [0.05, 0.1) is 0 Å². The number of hydrogen-bond donors (Lipinski definition) is 0. The molecule has 1 aromatic carbocycles. The molecule has 0 saturated heterocycles. The lowest BCUT2D eigenvalue weighted by Crippen LogP contribution is -2.01. The van der Waals surface area contributed by atoms with Crippen molar-refractivity contribution in [2.45, 2.75) is 26.2 Å². The summed E-state index contributed by atoms with van der Waals surface area (Å²) in [5.74, 6) is 5.45. The second-order valence-corrected chi connectivity index (χ2v) is 3.27. The Morgan fingerprint density at radius 3 is 2.60 bits per heavy atom. The lowest BCUT2D eigenvalue weighted by atomic mass is 10.1. The Labute approximate surface area is 89.3 Å². The van der Waals surface area contributed by atoms with Gasteiger partial charge in [0.15, 0.2) is 0 Å². The van der Waals surface area contributed by atoms with Crippen LogP contribution in [0.4, 0.5) is 4.39 Å². The van der Waals surface area contributed by atoms with Crippen LogP contribution in [0.3, 0.4) is 0 Å². The van der Waals surface area contributed by atoms with Crippen molar-refractivity contribution >= 4 is 5.78 Å². The molecule has 0 saturated carbocycles. The van der Waals surface area contributed by atoms with Crippen molar-refractivity contribution in [3.63, 3.8) is 0 Å². The summed E-state index contributed by atoms with van der Waals surface area (Å²) in [6.45, 7) is 1.75. The maximum absolute atomic E-state index is 12.6. The first-order chi connectivity index (χ1) is 7.22. The van der Waals surface area contributed by atoms with Crippen molar-refractivity contribution in [3.05, 3.63) is 35.6 Å². The van der Waals surface area contributed by atoms with Gasteiger partial charge < -0.3 is 0 Å². The zero-order valence-electron chi connectivity index (χ0n) is 8.72. The maximum Gasteiger partial charge on any atom is 0.138 e. The number of rotatable bonds is 4. The lowest BCUT2D eigenvalue weighted by Gasteiger charge is -1.99. The van der Waals surface area contributed by atoms with Crippen molar-refractivity contribution in [3.8, 4) is 11.8 Å². The monoisotopic (exact) mass is 204 g/mol. The minimum Gasteiger partial charge on any atom is -0.299 e. The quantitative estimate of drug-likeness (QED) is 0.689. The number of ketones is 1. The molecule has 1 rings (SSSR count). The van der Waals surface area contributed by atoms with E-state index in [1.54, 1.807) is 19.1 Å². The average molecular weight is 204 g/mol. The third-order valence-electron chi connectivity index (χ3n) is 2.02. The Kier molecular flexibility index (Phi) is 4.56. The molecular weight excluding hydrogens is 191 g/mol. The SMILES string of the molecule is CC#CCCC(=O)Cc1ccc(F)cc1. The van der Waals surface area contributed by atoms with E-state index in [0.717, 1.165) is 5.56 Å². The van der Waals surface area contributed by atoms with Crippen LogP contribution in [-0.4, -0.2) is 5.78 Å². The molecule has 0 radical (unpaired) electrons. The molecule has 0 spiro atoms. The van der Waals surface area contributed by atoms with Crippen molar-refractivity contribution in [1.82, 2.24) is 0 Å². The van der Waals surface area contributed by atoms with Gasteiger partial charge in [0, 0.05) is 19.3 Å². The smallest absolute Gasteiger partial charge is 0.138 e. The molecule has 0 aromatic heterocycles. The van der Waals surface area contributed by atoms with E-state index in [0.29, 0.717) is 19.3 Å². The van der Waals surface area contributed by atoms with Gasteiger partial charge in [-0.1, -0.05) is 12.1 Å². The number of benzene rings is 1. The van der Waals surface area contributed by atoms with Gasteiger partial charge in [-0.2, -0.15) is 0 Å². The molecule has 0 N–H and O–H groups in total. The number of hydrogen-bond acceptors (Lipinski definition) is 1.